The molecular weight excluding hydrogens is 350 g/mol. The van der Waals surface area contributed by atoms with Gasteiger partial charge in [0, 0.05) is 5.69 Å². The molecule has 7 heteroatoms. The van der Waals surface area contributed by atoms with Gasteiger partial charge in [-0.15, -0.1) is 0 Å². The first kappa shape index (κ1) is 20.1. The van der Waals surface area contributed by atoms with Crippen molar-refractivity contribution in [2.24, 2.45) is 0 Å². The molecule has 0 heterocycles. The van der Waals surface area contributed by atoms with Gasteiger partial charge in [0.1, 0.15) is 0 Å². The number of rotatable bonds is 8. The number of aryl methyl sites for hydroxylation is 1. The molecule has 0 aliphatic rings. The Balaban J connectivity index is 2.03. The summed E-state index contributed by atoms with van der Waals surface area (Å²) in [5.74, 6) is -0.0879. The molecule has 2 aromatic carbocycles. The van der Waals surface area contributed by atoms with Crippen molar-refractivity contribution in [3.63, 3.8) is 0 Å². The van der Waals surface area contributed by atoms with Crippen molar-refractivity contribution in [1.82, 2.24) is 0 Å². The highest BCUT2D eigenvalue weighted by molar-refractivity contribution is 5.96. The van der Waals surface area contributed by atoms with Crippen molar-refractivity contribution in [2.45, 2.75) is 13.3 Å². The van der Waals surface area contributed by atoms with Crippen LogP contribution in [-0.4, -0.2) is 39.8 Å². The van der Waals surface area contributed by atoms with Crippen molar-refractivity contribution < 1.29 is 28.5 Å². The predicted octanol–water partition coefficient (Wildman–Crippen LogP) is 3.07. The van der Waals surface area contributed by atoms with Crippen LogP contribution >= 0.6 is 0 Å². The van der Waals surface area contributed by atoms with Crippen LogP contribution in [0.5, 0.6) is 17.2 Å². The summed E-state index contributed by atoms with van der Waals surface area (Å²) in [6, 6.07) is 10.4. The van der Waals surface area contributed by atoms with Crippen molar-refractivity contribution >= 4 is 17.6 Å². The van der Waals surface area contributed by atoms with E-state index >= 15 is 0 Å². The summed E-state index contributed by atoms with van der Waals surface area (Å²) in [4.78, 5) is 24.3. The monoisotopic (exact) mass is 373 g/mol. The highest BCUT2D eigenvalue weighted by atomic mass is 16.5. The maximum atomic E-state index is 12.3. The van der Waals surface area contributed by atoms with Crippen LogP contribution in [0.25, 0.3) is 0 Å². The largest absolute Gasteiger partial charge is 0.493 e. The average molecular weight is 373 g/mol. The molecule has 27 heavy (non-hydrogen) atoms. The number of hydrogen-bond acceptors (Lipinski definition) is 6. The first-order chi connectivity index (χ1) is 13.0. The van der Waals surface area contributed by atoms with E-state index < -0.39 is 18.5 Å². The topological polar surface area (TPSA) is 83.1 Å². The Kier molecular flexibility index (Phi) is 7.05. The van der Waals surface area contributed by atoms with Crippen molar-refractivity contribution in [2.75, 3.05) is 33.3 Å². The molecule has 0 aromatic heterocycles. The third-order valence-corrected chi connectivity index (χ3v) is 3.85. The summed E-state index contributed by atoms with van der Waals surface area (Å²) in [7, 11) is 4.37. The van der Waals surface area contributed by atoms with E-state index in [9.17, 15) is 9.59 Å². The Bertz CT molecular complexity index is 793. The van der Waals surface area contributed by atoms with E-state index in [-0.39, 0.29) is 5.56 Å². The van der Waals surface area contributed by atoms with Crippen LogP contribution in [0.4, 0.5) is 5.69 Å². The van der Waals surface area contributed by atoms with E-state index in [2.05, 4.69) is 5.32 Å². The molecule has 0 unspecified atom stereocenters. The number of carbonyl (C=O) groups is 2. The van der Waals surface area contributed by atoms with E-state index in [0.29, 0.717) is 22.9 Å². The summed E-state index contributed by atoms with van der Waals surface area (Å²) >= 11 is 0. The van der Waals surface area contributed by atoms with E-state index in [1.54, 1.807) is 6.07 Å². The Morgan fingerprint density at radius 2 is 1.63 bits per heavy atom. The van der Waals surface area contributed by atoms with E-state index in [1.165, 1.54) is 33.5 Å². The van der Waals surface area contributed by atoms with Gasteiger partial charge in [0.2, 0.25) is 5.75 Å². The molecule has 1 amide bonds. The summed E-state index contributed by atoms with van der Waals surface area (Å²) in [6.45, 7) is 1.62. The molecular formula is C20H23NO6. The fourth-order valence-electron chi connectivity index (χ4n) is 2.48. The lowest BCUT2D eigenvalue weighted by Gasteiger charge is -2.13. The van der Waals surface area contributed by atoms with Gasteiger partial charge in [-0.05, 0) is 36.2 Å². The van der Waals surface area contributed by atoms with Crippen LogP contribution in [0.15, 0.2) is 36.4 Å². The summed E-state index contributed by atoms with van der Waals surface area (Å²) in [5.41, 5.74) is 1.94. The van der Waals surface area contributed by atoms with Gasteiger partial charge in [-0.3, -0.25) is 4.79 Å². The molecule has 0 saturated heterocycles. The zero-order chi connectivity index (χ0) is 19.8. The number of amides is 1. The first-order valence-corrected chi connectivity index (χ1v) is 8.38. The molecule has 0 aliphatic carbocycles. The van der Waals surface area contributed by atoms with Crippen LogP contribution in [-0.2, 0) is 16.0 Å². The molecule has 144 valence electrons. The maximum absolute atomic E-state index is 12.3. The highest BCUT2D eigenvalue weighted by Crippen LogP contribution is 2.38. The van der Waals surface area contributed by atoms with Gasteiger partial charge in [-0.2, -0.15) is 0 Å². The number of hydrogen-bond donors (Lipinski definition) is 1. The summed E-state index contributed by atoms with van der Waals surface area (Å²) in [6.07, 6.45) is 0.861. The van der Waals surface area contributed by atoms with E-state index in [4.69, 9.17) is 18.9 Å². The first-order valence-electron chi connectivity index (χ1n) is 8.38. The zero-order valence-corrected chi connectivity index (χ0v) is 15.8. The van der Waals surface area contributed by atoms with Crippen LogP contribution in [0.3, 0.4) is 0 Å². The molecule has 0 aliphatic heterocycles. The molecule has 0 radical (unpaired) electrons. The molecule has 0 spiro atoms. The lowest BCUT2D eigenvalue weighted by molar-refractivity contribution is -0.119. The van der Waals surface area contributed by atoms with Crippen LogP contribution in [0.1, 0.15) is 22.8 Å². The molecule has 0 atom stereocenters. The van der Waals surface area contributed by atoms with E-state index in [1.807, 2.05) is 25.1 Å². The van der Waals surface area contributed by atoms with Gasteiger partial charge in [0.15, 0.2) is 18.1 Å². The number of anilines is 1. The Hall–Kier alpha value is -3.22. The third-order valence-electron chi connectivity index (χ3n) is 3.85. The smallest absolute Gasteiger partial charge is 0.338 e. The second-order valence-corrected chi connectivity index (χ2v) is 5.59. The van der Waals surface area contributed by atoms with Crippen molar-refractivity contribution in [3.8, 4) is 17.2 Å². The van der Waals surface area contributed by atoms with Gasteiger partial charge in [0.25, 0.3) is 5.91 Å². The molecule has 2 aromatic rings. The Morgan fingerprint density at radius 3 is 2.19 bits per heavy atom. The van der Waals surface area contributed by atoms with Crippen molar-refractivity contribution in [3.05, 3.63) is 47.5 Å². The molecule has 2 rings (SSSR count). The minimum Gasteiger partial charge on any atom is -0.493 e. The Labute approximate surface area is 158 Å². The van der Waals surface area contributed by atoms with Crippen LogP contribution < -0.4 is 19.5 Å². The zero-order valence-electron chi connectivity index (χ0n) is 15.8. The fraction of sp³-hybridized carbons (Fsp3) is 0.300. The summed E-state index contributed by atoms with van der Waals surface area (Å²) in [5, 5.41) is 2.70. The molecule has 0 saturated carbocycles. The minimum atomic E-state index is -0.674. The number of benzene rings is 2. The third kappa shape index (κ3) is 5.13. The number of ether oxygens (including phenoxy) is 4. The maximum Gasteiger partial charge on any atom is 0.338 e. The van der Waals surface area contributed by atoms with Crippen molar-refractivity contribution in [1.29, 1.82) is 0 Å². The number of esters is 1. The van der Waals surface area contributed by atoms with Gasteiger partial charge in [-0.25, -0.2) is 4.79 Å². The number of methoxy groups -OCH3 is 3. The van der Waals surface area contributed by atoms with E-state index in [0.717, 1.165) is 12.0 Å². The standard InChI is InChI=1S/C20H23NO6/c1-5-13-7-6-8-15(9-13)21-18(22)12-27-20(23)14-10-16(24-2)19(26-4)17(11-14)25-3/h6-11H,5,12H2,1-4H3,(H,21,22). The second kappa shape index (κ2) is 9.47. The SMILES string of the molecule is CCc1cccc(NC(=O)COC(=O)c2cc(OC)c(OC)c(OC)c2)c1. The quantitative estimate of drug-likeness (QED) is 0.716. The van der Waals surface area contributed by atoms with Gasteiger partial charge >= 0.3 is 5.97 Å². The minimum absolute atomic E-state index is 0.185. The summed E-state index contributed by atoms with van der Waals surface area (Å²) < 4.78 is 20.7. The predicted molar refractivity (Wildman–Crippen MR) is 101 cm³/mol. The highest BCUT2D eigenvalue weighted by Gasteiger charge is 2.18. The normalized spacial score (nSPS) is 10.1. The average Bonchev–Trinajstić information content (AvgIpc) is 2.70. The van der Waals surface area contributed by atoms with Gasteiger partial charge in [0.05, 0.1) is 26.9 Å². The molecule has 0 fully saturated rings. The van der Waals surface area contributed by atoms with Gasteiger partial charge in [-0.1, -0.05) is 19.1 Å². The molecule has 7 nitrogen and oxygen atoms in total. The lowest BCUT2D eigenvalue weighted by atomic mass is 10.1. The van der Waals surface area contributed by atoms with Crippen LogP contribution in [0.2, 0.25) is 0 Å². The van der Waals surface area contributed by atoms with Gasteiger partial charge < -0.3 is 24.3 Å². The second-order valence-electron chi connectivity index (χ2n) is 5.59. The number of nitrogens with one attached hydrogen (secondary N) is 1. The Morgan fingerprint density at radius 1 is 0.963 bits per heavy atom. The number of carbonyl (C=O) groups excluding carboxylic acids is 2. The molecule has 0 bridgehead atoms. The van der Waals surface area contributed by atoms with Crippen LogP contribution in [0, 0.1) is 0 Å². The fourth-order valence-corrected chi connectivity index (χ4v) is 2.48. The molecule has 1 N–H and O–H groups in total. The lowest BCUT2D eigenvalue weighted by Crippen LogP contribution is -2.21.